The smallest absolute Gasteiger partial charge is 0.329 e. The Morgan fingerprint density at radius 2 is 1.70 bits per heavy atom. The highest BCUT2D eigenvalue weighted by molar-refractivity contribution is 6.39. The number of nitrogens with zero attached hydrogens (tertiary/aromatic N) is 1. The largest absolute Gasteiger partial charge is 0.494 e. The van der Waals surface area contributed by atoms with E-state index in [0.29, 0.717) is 48.3 Å². The third-order valence-corrected chi connectivity index (χ3v) is 3.63. The number of nitrogens with one attached hydrogen (secondary N) is 2. The van der Waals surface area contributed by atoms with Crippen LogP contribution in [-0.2, 0) is 9.59 Å². The van der Waals surface area contributed by atoms with E-state index < -0.39 is 11.8 Å². The van der Waals surface area contributed by atoms with Gasteiger partial charge in [-0.25, -0.2) is 5.43 Å². The summed E-state index contributed by atoms with van der Waals surface area (Å²) in [4.78, 5) is 23.9. The van der Waals surface area contributed by atoms with Gasteiger partial charge in [0, 0.05) is 5.69 Å². The van der Waals surface area contributed by atoms with Gasteiger partial charge in [0.05, 0.1) is 19.4 Å². The lowest BCUT2D eigenvalue weighted by atomic mass is 10.2. The summed E-state index contributed by atoms with van der Waals surface area (Å²) in [7, 11) is 0. The Kier molecular flexibility index (Phi) is 8.92. The van der Waals surface area contributed by atoms with Gasteiger partial charge in [0.15, 0.2) is 11.5 Å². The molecule has 0 atom stereocenters. The number of hydrogen-bond acceptors (Lipinski definition) is 6. The van der Waals surface area contributed by atoms with Gasteiger partial charge >= 0.3 is 11.8 Å². The van der Waals surface area contributed by atoms with Gasteiger partial charge in [0.1, 0.15) is 12.4 Å². The maximum absolute atomic E-state index is 12.0. The maximum Gasteiger partial charge on any atom is 0.329 e. The molecule has 0 saturated heterocycles. The molecule has 2 rings (SSSR count). The summed E-state index contributed by atoms with van der Waals surface area (Å²) in [5.74, 6) is 0.0722. The van der Waals surface area contributed by atoms with E-state index in [-0.39, 0.29) is 0 Å². The van der Waals surface area contributed by atoms with Gasteiger partial charge in [-0.3, -0.25) is 9.59 Å². The minimum absolute atomic E-state index is 0.354. The average Bonchev–Trinajstić information content (AvgIpc) is 2.75. The first-order valence-corrected chi connectivity index (χ1v) is 9.45. The molecule has 2 amide bonds. The quantitative estimate of drug-likeness (QED) is 0.271. The zero-order chi connectivity index (χ0) is 21.8. The fourth-order valence-electron chi connectivity index (χ4n) is 2.35. The van der Waals surface area contributed by atoms with Crippen LogP contribution in [0.4, 0.5) is 5.69 Å². The van der Waals surface area contributed by atoms with Crippen LogP contribution in [-0.4, -0.2) is 37.8 Å². The highest BCUT2D eigenvalue weighted by atomic mass is 16.5. The number of hydrogen-bond donors (Lipinski definition) is 2. The minimum atomic E-state index is -0.892. The lowest BCUT2D eigenvalue weighted by Gasteiger charge is -2.11. The Labute approximate surface area is 175 Å². The van der Waals surface area contributed by atoms with Crippen LogP contribution in [0.2, 0.25) is 0 Å². The van der Waals surface area contributed by atoms with Crippen molar-refractivity contribution in [2.45, 2.75) is 13.8 Å². The summed E-state index contributed by atoms with van der Waals surface area (Å²) in [6, 6.07) is 11.9. The van der Waals surface area contributed by atoms with E-state index in [4.69, 9.17) is 14.2 Å². The third kappa shape index (κ3) is 6.97. The molecule has 0 radical (unpaired) electrons. The molecule has 0 aliphatic heterocycles. The Morgan fingerprint density at radius 1 is 0.967 bits per heavy atom. The number of carbonyl (C=O) groups excluding carboxylic acids is 2. The van der Waals surface area contributed by atoms with Crippen LogP contribution < -0.4 is 25.0 Å². The van der Waals surface area contributed by atoms with Gasteiger partial charge in [0.25, 0.3) is 0 Å². The monoisotopic (exact) mass is 411 g/mol. The molecular weight excluding hydrogens is 386 g/mol. The number of hydrazone groups is 1. The molecule has 0 fully saturated rings. The minimum Gasteiger partial charge on any atom is -0.494 e. The summed E-state index contributed by atoms with van der Waals surface area (Å²) in [5.41, 5.74) is 3.33. The van der Waals surface area contributed by atoms with Crippen molar-refractivity contribution in [1.29, 1.82) is 0 Å². The molecule has 0 heterocycles. The van der Waals surface area contributed by atoms with E-state index in [1.807, 2.05) is 13.8 Å². The molecule has 0 aromatic heterocycles. The Morgan fingerprint density at radius 3 is 2.37 bits per heavy atom. The molecule has 0 bridgehead atoms. The maximum atomic E-state index is 12.0. The van der Waals surface area contributed by atoms with Crippen molar-refractivity contribution < 1.29 is 23.8 Å². The van der Waals surface area contributed by atoms with E-state index in [9.17, 15) is 9.59 Å². The fraction of sp³-hybridized carbons (Fsp3) is 0.227. The van der Waals surface area contributed by atoms with E-state index in [0.717, 1.165) is 0 Å². The molecule has 0 unspecified atom stereocenters. The second-order valence-electron chi connectivity index (χ2n) is 5.85. The van der Waals surface area contributed by atoms with Crippen LogP contribution >= 0.6 is 0 Å². The van der Waals surface area contributed by atoms with Crippen molar-refractivity contribution in [3.8, 4) is 17.2 Å². The SMILES string of the molecule is C=CCOc1ccc(/C=N\NC(=O)C(=O)Nc2ccc(OCC)cc2)cc1OCC. The highest BCUT2D eigenvalue weighted by Gasteiger charge is 2.13. The first-order chi connectivity index (χ1) is 14.6. The molecule has 8 heteroatoms. The summed E-state index contributed by atoms with van der Waals surface area (Å²) < 4.78 is 16.4. The Balaban J connectivity index is 1.93. The van der Waals surface area contributed by atoms with E-state index in [1.54, 1.807) is 48.5 Å². The topological polar surface area (TPSA) is 98.2 Å². The molecule has 0 aliphatic rings. The highest BCUT2D eigenvalue weighted by Crippen LogP contribution is 2.28. The van der Waals surface area contributed by atoms with Crippen molar-refractivity contribution in [2.24, 2.45) is 5.10 Å². The van der Waals surface area contributed by atoms with Crippen molar-refractivity contribution in [2.75, 3.05) is 25.1 Å². The summed E-state index contributed by atoms with van der Waals surface area (Å²) in [6.45, 7) is 8.72. The molecule has 2 aromatic carbocycles. The van der Waals surface area contributed by atoms with Gasteiger partial charge in [0.2, 0.25) is 0 Å². The summed E-state index contributed by atoms with van der Waals surface area (Å²) in [6.07, 6.45) is 3.04. The van der Waals surface area contributed by atoms with E-state index in [2.05, 4.69) is 22.4 Å². The third-order valence-electron chi connectivity index (χ3n) is 3.63. The van der Waals surface area contributed by atoms with Crippen LogP contribution in [0.25, 0.3) is 0 Å². The second kappa shape index (κ2) is 11.9. The second-order valence-corrected chi connectivity index (χ2v) is 5.85. The van der Waals surface area contributed by atoms with Gasteiger partial charge < -0.3 is 19.5 Å². The standard InChI is InChI=1S/C22H25N3O5/c1-4-13-30-19-12-7-16(14-20(19)29-6-3)15-23-25-22(27)21(26)24-17-8-10-18(11-9-17)28-5-2/h4,7-12,14-15H,1,5-6,13H2,2-3H3,(H,24,26)(H,25,27)/b23-15-. The number of benzene rings is 2. The van der Waals surface area contributed by atoms with Crippen LogP contribution in [0.15, 0.2) is 60.2 Å². The number of anilines is 1. The first kappa shape index (κ1) is 22.5. The molecular formula is C22H25N3O5. The lowest BCUT2D eigenvalue weighted by Crippen LogP contribution is -2.32. The van der Waals surface area contributed by atoms with E-state index >= 15 is 0 Å². The molecule has 8 nitrogen and oxygen atoms in total. The molecule has 30 heavy (non-hydrogen) atoms. The lowest BCUT2D eigenvalue weighted by molar-refractivity contribution is -0.136. The zero-order valence-corrected chi connectivity index (χ0v) is 17.0. The van der Waals surface area contributed by atoms with Gasteiger partial charge in [-0.15, -0.1) is 0 Å². The van der Waals surface area contributed by atoms with Crippen LogP contribution in [0.1, 0.15) is 19.4 Å². The van der Waals surface area contributed by atoms with Crippen molar-refractivity contribution >= 4 is 23.7 Å². The molecule has 2 aromatic rings. The molecule has 0 saturated carbocycles. The number of rotatable bonds is 10. The van der Waals surface area contributed by atoms with Crippen LogP contribution in [0.3, 0.4) is 0 Å². The fourth-order valence-corrected chi connectivity index (χ4v) is 2.35. The summed E-state index contributed by atoms with van der Waals surface area (Å²) >= 11 is 0. The normalized spacial score (nSPS) is 10.3. The van der Waals surface area contributed by atoms with E-state index in [1.165, 1.54) is 6.21 Å². The van der Waals surface area contributed by atoms with Crippen LogP contribution in [0.5, 0.6) is 17.2 Å². The molecule has 2 N–H and O–H groups in total. The van der Waals surface area contributed by atoms with Gasteiger partial charge in [-0.2, -0.15) is 5.10 Å². The number of carbonyl (C=O) groups is 2. The Hall–Kier alpha value is -3.81. The van der Waals surface area contributed by atoms with Crippen molar-refractivity contribution in [3.63, 3.8) is 0 Å². The zero-order valence-electron chi connectivity index (χ0n) is 17.0. The first-order valence-electron chi connectivity index (χ1n) is 9.45. The predicted molar refractivity (Wildman–Crippen MR) is 115 cm³/mol. The predicted octanol–water partition coefficient (Wildman–Crippen LogP) is 3.14. The summed E-state index contributed by atoms with van der Waals surface area (Å²) in [5, 5.41) is 6.31. The molecule has 158 valence electrons. The van der Waals surface area contributed by atoms with Gasteiger partial charge in [-0.05, 0) is 61.9 Å². The molecule has 0 spiro atoms. The van der Waals surface area contributed by atoms with Crippen molar-refractivity contribution in [1.82, 2.24) is 5.43 Å². The van der Waals surface area contributed by atoms with Crippen LogP contribution in [0, 0.1) is 0 Å². The Bertz CT molecular complexity index is 894. The van der Waals surface area contributed by atoms with Crippen molar-refractivity contribution in [3.05, 3.63) is 60.7 Å². The number of amides is 2. The van der Waals surface area contributed by atoms with Gasteiger partial charge in [-0.1, -0.05) is 12.7 Å². The number of ether oxygens (including phenoxy) is 3. The molecule has 0 aliphatic carbocycles. The average molecular weight is 411 g/mol.